The monoisotopic (exact) mass is 426 g/mol. The summed E-state index contributed by atoms with van der Waals surface area (Å²) in [5.74, 6) is 4.62. The Hall–Kier alpha value is -2.71. The van der Waals surface area contributed by atoms with Crippen LogP contribution in [0.15, 0.2) is 53.7 Å². The first-order valence-electron chi connectivity index (χ1n) is 10.6. The molecule has 6 heteroatoms. The van der Waals surface area contributed by atoms with E-state index >= 15 is 0 Å². The number of unbranched alkanes of at least 4 members (excludes halogenated alkanes) is 4. The van der Waals surface area contributed by atoms with Crippen molar-refractivity contribution >= 4 is 17.6 Å². The Morgan fingerprint density at radius 1 is 1.07 bits per heavy atom. The molecule has 0 saturated heterocycles. The van der Waals surface area contributed by atoms with Crippen molar-refractivity contribution in [1.29, 1.82) is 0 Å². The smallest absolute Gasteiger partial charge is 0.205 e. The van der Waals surface area contributed by atoms with Crippen molar-refractivity contribution in [2.75, 3.05) is 13.2 Å². The largest absolute Gasteiger partial charge is 0.494 e. The molecule has 0 aliphatic carbocycles. The van der Waals surface area contributed by atoms with Gasteiger partial charge in [0.2, 0.25) is 5.96 Å². The molecule has 2 rings (SSSR count). The van der Waals surface area contributed by atoms with Crippen LogP contribution in [0.3, 0.4) is 0 Å². The molecular weight excluding hydrogens is 396 g/mol. The molecule has 1 aromatic carbocycles. The van der Waals surface area contributed by atoms with Crippen molar-refractivity contribution in [3.05, 3.63) is 59.4 Å². The van der Waals surface area contributed by atoms with Crippen molar-refractivity contribution in [3.63, 3.8) is 0 Å². The molecule has 0 radical (unpaired) electrons. The zero-order chi connectivity index (χ0) is 21.3. The van der Waals surface area contributed by atoms with E-state index in [2.05, 4.69) is 39.5 Å². The summed E-state index contributed by atoms with van der Waals surface area (Å²) in [5, 5.41) is 7.37. The van der Waals surface area contributed by atoms with Crippen molar-refractivity contribution < 1.29 is 4.74 Å². The number of aliphatic imine (C=N–C) groups is 1. The maximum Gasteiger partial charge on any atom is 0.205 e. The van der Waals surface area contributed by atoms with E-state index in [1.54, 1.807) is 6.20 Å². The van der Waals surface area contributed by atoms with Crippen LogP contribution >= 0.6 is 11.6 Å². The number of aromatic nitrogens is 1. The van der Waals surface area contributed by atoms with Gasteiger partial charge in [-0.05, 0) is 55.7 Å². The van der Waals surface area contributed by atoms with E-state index in [0.717, 1.165) is 68.1 Å². The lowest BCUT2D eigenvalue weighted by Gasteiger charge is -2.11. The summed E-state index contributed by atoms with van der Waals surface area (Å²) in [6.45, 7) is 4.30. The van der Waals surface area contributed by atoms with E-state index in [0.29, 0.717) is 12.5 Å². The minimum Gasteiger partial charge on any atom is -0.494 e. The molecule has 0 spiro atoms. The molecular formula is C24H31ClN4O. The fraction of sp³-hybridized carbons (Fsp3) is 0.417. The standard InChI is InChI=1S/C24H31ClN4O/c1-2-3-7-17-27-24(29-20-22-11-6-9-16-26-22)28-18-8-4-5-10-19-30-23-14-12-21(25)13-15-23/h6,9,11-16H,2-5,8,10,18-20H2,1H3,(H2,27,28,29). The Balaban J connectivity index is 1.62. The van der Waals surface area contributed by atoms with Crippen LogP contribution in [-0.4, -0.2) is 24.1 Å². The lowest BCUT2D eigenvalue weighted by atomic mass is 10.2. The van der Waals surface area contributed by atoms with Gasteiger partial charge in [-0.25, -0.2) is 0 Å². The molecule has 0 atom stereocenters. The molecule has 1 heterocycles. The van der Waals surface area contributed by atoms with Gasteiger partial charge < -0.3 is 15.4 Å². The first-order valence-corrected chi connectivity index (χ1v) is 11.0. The van der Waals surface area contributed by atoms with Crippen LogP contribution in [0.25, 0.3) is 0 Å². The second kappa shape index (κ2) is 15.2. The summed E-state index contributed by atoms with van der Waals surface area (Å²) in [5.41, 5.74) is 0.967. The highest BCUT2D eigenvalue weighted by atomic mass is 35.5. The van der Waals surface area contributed by atoms with Gasteiger partial charge in [-0.15, -0.1) is 0 Å². The number of hydrogen-bond donors (Lipinski definition) is 2. The van der Waals surface area contributed by atoms with Crippen LogP contribution in [0, 0.1) is 12.0 Å². The van der Waals surface area contributed by atoms with Gasteiger partial charge in [0.1, 0.15) is 5.75 Å². The number of nitrogens with one attached hydrogen (secondary N) is 2. The van der Waals surface area contributed by atoms with Crippen LogP contribution in [0.2, 0.25) is 5.02 Å². The predicted octanol–water partition coefficient (Wildman–Crippen LogP) is 5.17. The molecule has 0 bridgehead atoms. The lowest BCUT2D eigenvalue weighted by molar-refractivity contribution is 0.304. The Labute approximate surface area is 185 Å². The zero-order valence-corrected chi connectivity index (χ0v) is 18.4. The molecule has 2 N–H and O–H groups in total. The summed E-state index contributed by atoms with van der Waals surface area (Å²) in [7, 11) is 0. The van der Waals surface area contributed by atoms with E-state index < -0.39 is 0 Å². The van der Waals surface area contributed by atoms with Crippen LogP contribution in [0.5, 0.6) is 5.75 Å². The maximum absolute atomic E-state index is 5.87. The molecule has 0 unspecified atom stereocenters. The van der Waals surface area contributed by atoms with Crippen LogP contribution in [0.1, 0.15) is 51.1 Å². The Bertz CT molecular complexity index is 797. The van der Waals surface area contributed by atoms with E-state index in [9.17, 15) is 0 Å². The topological polar surface area (TPSA) is 58.5 Å². The summed E-state index contributed by atoms with van der Waals surface area (Å²) < 4.78 is 5.72. The van der Waals surface area contributed by atoms with E-state index in [4.69, 9.17) is 16.3 Å². The molecule has 0 aliphatic heterocycles. The Morgan fingerprint density at radius 2 is 1.90 bits per heavy atom. The third-order valence-corrected chi connectivity index (χ3v) is 4.48. The summed E-state index contributed by atoms with van der Waals surface area (Å²) in [6.07, 6.45) is 8.03. The number of rotatable bonds is 11. The second-order valence-corrected chi connectivity index (χ2v) is 7.25. The second-order valence-electron chi connectivity index (χ2n) is 6.82. The minimum atomic E-state index is 0.615. The summed E-state index contributed by atoms with van der Waals surface area (Å²) >= 11 is 5.87. The van der Waals surface area contributed by atoms with E-state index in [1.165, 1.54) is 0 Å². The van der Waals surface area contributed by atoms with Crippen LogP contribution in [0.4, 0.5) is 0 Å². The van der Waals surface area contributed by atoms with Crippen molar-refractivity contribution in [2.24, 2.45) is 4.99 Å². The first kappa shape index (κ1) is 23.6. The van der Waals surface area contributed by atoms with E-state index in [1.807, 2.05) is 42.5 Å². The van der Waals surface area contributed by atoms with Gasteiger partial charge in [-0.2, -0.15) is 4.99 Å². The number of pyridine rings is 1. The average Bonchev–Trinajstić information content (AvgIpc) is 2.78. The fourth-order valence-electron chi connectivity index (χ4n) is 2.60. The quantitative estimate of drug-likeness (QED) is 0.225. The van der Waals surface area contributed by atoms with Crippen LogP contribution in [-0.2, 0) is 6.54 Å². The zero-order valence-electron chi connectivity index (χ0n) is 17.7. The minimum absolute atomic E-state index is 0.615. The number of halogens is 1. The molecule has 160 valence electrons. The summed E-state index contributed by atoms with van der Waals surface area (Å²) in [4.78, 5) is 8.66. The normalized spacial score (nSPS) is 10.8. The van der Waals surface area contributed by atoms with Gasteiger partial charge in [-0.3, -0.25) is 4.98 Å². The van der Waals surface area contributed by atoms with Gasteiger partial charge in [-0.1, -0.05) is 43.4 Å². The number of nitrogens with zero attached hydrogens (tertiary/aromatic N) is 2. The molecule has 2 aromatic rings. The highest BCUT2D eigenvalue weighted by Gasteiger charge is 2.00. The predicted molar refractivity (Wildman–Crippen MR) is 125 cm³/mol. The number of guanidine groups is 1. The van der Waals surface area contributed by atoms with Crippen molar-refractivity contribution in [3.8, 4) is 17.7 Å². The van der Waals surface area contributed by atoms with Crippen molar-refractivity contribution in [1.82, 2.24) is 15.6 Å². The number of ether oxygens (including phenoxy) is 1. The highest BCUT2D eigenvalue weighted by molar-refractivity contribution is 6.30. The average molecular weight is 427 g/mol. The molecule has 0 saturated carbocycles. The molecule has 0 aliphatic rings. The van der Waals surface area contributed by atoms with Gasteiger partial charge in [0.05, 0.1) is 18.8 Å². The molecule has 1 aromatic heterocycles. The molecule has 0 fully saturated rings. The summed E-state index contributed by atoms with van der Waals surface area (Å²) in [6, 6.07) is 16.2. The first-order chi connectivity index (χ1) is 14.8. The third kappa shape index (κ3) is 10.7. The number of benzene rings is 1. The molecule has 30 heavy (non-hydrogen) atoms. The van der Waals surface area contributed by atoms with Gasteiger partial charge >= 0.3 is 0 Å². The lowest BCUT2D eigenvalue weighted by Crippen LogP contribution is -2.37. The van der Waals surface area contributed by atoms with Gasteiger partial charge in [0.25, 0.3) is 0 Å². The third-order valence-electron chi connectivity index (χ3n) is 4.23. The highest BCUT2D eigenvalue weighted by Crippen LogP contribution is 2.15. The Morgan fingerprint density at radius 3 is 2.67 bits per heavy atom. The van der Waals surface area contributed by atoms with Crippen LogP contribution < -0.4 is 15.4 Å². The molecule has 0 amide bonds. The van der Waals surface area contributed by atoms with E-state index in [-0.39, 0.29) is 0 Å². The van der Waals surface area contributed by atoms with Gasteiger partial charge in [0, 0.05) is 30.2 Å². The van der Waals surface area contributed by atoms with Crippen molar-refractivity contribution in [2.45, 2.75) is 52.0 Å². The SMILES string of the molecule is CCCC#CN=C(NCCCCCCOc1ccc(Cl)cc1)NCc1ccccn1. The number of hydrogen-bond acceptors (Lipinski definition) is 3. The van der Waals surface area contributed by atoms with Gasteiger partial charge in [0.15, 0.2) is 0 Å². The maximum atomic E-state index is 5.87. The fourth-order valence-corrected chi connectivity index (χ4v) is 2.73. The molecule has 5 nitrogen and oxygen atoms in total. The Kier molecular flexibility index (Phi) is 11.9.